The molecule has 2 N–H and O–H groups in total. The molecule has 0 bridgehead atoms. The summed E-state index contributed by atoms with van der Waals surface area (Å²) in [7, 11) is 2.19. The zero-order chi connectivity index (χ0) is 8.55. The monoisotopic (exact) mass is 169 g/mol. The van der Waals surface area contributed by atoms with Gasteiger partial charge in [-0.1, -0.05) is 0 Å². The first-order valence-electron chi connectivity index (χ1n) is 4.90. The van der Waals surface area contributed by atoms with Gasteiger partial charge in [0.05, 0.1) is 0 Å². The molecule has 0 radical (unpaired) electrons. The maximum atomic E-state index is 5.84. The molecular formula is C9H19N3. The summed E-state index contributed by atoms with van der Waals surface area (Å²) in [5, 5.41) is 0. The third-order valence-corrected chi connectivity index (χ3v) is 2.96. The standard InChI is InChI=1S/C9H19N3/c1-11-4-8(5-11)6-12-3-2-9(10)7-12/h8-9H,2-7,10H2,1H3. The van der Waals surface area contributed by atoms with Gasteiger partial charge < -0.3 is 15.5 Å². The highest BCUT2D eigenvalue weighted by Crippen LogP contribution is 2.16. The molecule has 0 aromatic carbocycles. The average molecular weight is 169 g/mol. The highest BCUT2D eigenvalue weighted by molar-refractivity contribution is 4.84. The fourth-order valence-corrected chi connectivity index (χ4v) is 2.34. The van der Waals surface area contributed by atoms with Crippen LogP contribution in [-0.2, 0) is 0 Å². The highest BCUT2D eigenvalue weighted by Gasteiger charge is 2.27. The van der Waals surface area contributed by atoms with Crippen molar-refractivity contribution in [1.29, 1.82) is 0 Å². The summed E-state index contributed by atoms with van der Waals surface area (Å²) in [6, 6.07) is 0.447. The highest BCUT2D eigenvalue weighted by atomic mass is 15.2. The van der Waals surface area contributed by atoms with Gasteiger partial charge in [0.2, 0.25) is 0 Å². The average Bonchev–Trinajstić information content (AvgIpc) is 2.33. The molecular weight excluding hydrogens is 150 g/mol. The van der Waals surface area contributed by atoms with Crippen LogP contribution in [0.3, 0.4) is 0 Å². The third-order valence-electron chi connectivity index (χ3n) is 2.96. The molecule has 3 nitrogen and oxygen atoms in total. The van der Waals surface area contributed by atoms with Crippen molar-refractivity contribution in [2.24, 2.45) is 11.7 Å². The molecule has 1 atom stereocenters. The Morgan fingerprint density at radius 1 is 1.33 bits per heavy atom. The van der Waals surface area contributed by atoms with Crippen LogP contribution in [0.4, 0.5) is 0 Å². The quantitative estimate of drug-likeness (QED) is 0.609. The lowest BCUT2D eigenvalue weighted by Gasteiger charge is -2.38. The Labute approximate surface area is 74.5 Å². The first kappa shape index (κ1) is 8.48. The van der Waals surface area contributed by atoms with Crippen LogP contribution in [0, 0.1) is 5.92 Å². The van der Waals surface area contributed by atoms with Gasteiger partial charge in [0.25, 0.3) is 0 Å². The van der Waals surface area contributed by atoms with Crippen molar-refractivity contribution in [2.75, 3.05) is 39.8 Å². The molecule has 2 aliphatic heterocycles. The van der Waals surface area contributed by atoms with Crippen LogP contribution < -0.4 is 5.73 Å². The predicted octanol–water partition coefficient (Wildman–Crippen LogP) is -0.419. The Hall–Kier alpha value is -0.120. The minimum Gasteiger partial charge on any atom is -0.326 e. The predicted molar refractivity (Wildman–Crippen MR) is 50.0 cm³/mol. The van der Waals surface area contributed by atoms with Gasteiger partial charge in [-0.05, 0) is 25.9 Å². The normalized spacial score (nSPS) is 34.0. The Bertz CT molecular complexity index is 154. The summed E-state index contributed by atoms with van der Waals surface area (Å²) in [6.45, 7) is 6.19. The smallest absolute Gasteiger partial charge is 0.0180 e. The first-order valence-corrected chi connectivity index (χ1v) is 4.90. The van der Waals surface area contributed by atoms with Crippen LogP contribution in [0.5, 0.6) is 0 Å². The second kappa shape index (κ2) is 3.32. The molecule has 0 spiro atoms. The summed E-state index contributed by atoms with van der Waals surface area (Å²) < 4.78 is 0. The number of hydrogen-bond donors (Lipinski definition) is 1. The second-order valence-corrected chi connectivity index (χ2v) is 4.40. The Morgan fingerprint density at radius 3 is 2.58 bits per heavy atom. The van der Waals surface area contributed by atoms with Gasteiger partial charge in [0.15, 0.2) is 0 Å². The van der Waals surface area contributed by atoms with Crippen LogP contribution in [-0.4, -0.2) is 55.6 Å². The van der Waals surface area contributed by atoms with E-state index in [0.29, 0.717) is 6.04 Å². The molecule has 2 fully saturated rings. The van der Waals surface area contributed by atoms with E-state index in [9.17, 15) is 0 Å². The van der Waals surface area contributed by atoms with Crippen LogP contribution in [0.2, 0.25) is 0 Å². The van der Waals surface area contributed by atoms with Crippen molar-refractivity contribution in [3.05, 3.63) is 0 Å². The second-order valence-electron chi connectivity index (χ2n) is 4.40. The van der Waals surface area contributed by atoms with Gasteiger partial charge in [-0.25, -0.2) is 0 Å². The molecule has 2 rings (SSSR count). The fraction of sp³-hybridized carbons (Fsp3) is 1.00. The minimum atomic E-state index is 0.447. The number of nitrogens with two attached hydrogens (primary N) is 1. The first-order chi connectivity index (χ1) is 5.74. The lowest BCUT2D eigenvalue weighted by Crippen LogP contribution is -2.49. The van der Waals surface area contributed by atoms with E-state index in [1.165, 1.54) is 32.6 Å². The number of hydrogen-bond acceptors (Lipinski definition) is 3. The zero-order valence-electron chi connectivity index (χ0n) is 7.87. The number of likely N-dealkylation sites (tertiary alicyclic amines) is 2. The van der Waals surface area contributed by atoms with Crippen molar-refractivity contribution in [1.82, 2.24) is 9.80 Å². The van der Waals surface area contributed by atoms with Crippen molar-refractivity contribution in [3.63, 3.8) is 0 Å². The van der Waals surface area contributed by atoms with E-state index in [2.05, 4.69) is 16.8 Å². The summed E-state index contributed by atoms with van der Waals surface area (Å²) in [5.74, 6) is 0.917. The van der Waals surface area contributed by atoms with E-state index < -0.39 is 0 Å². The van der Waals surface area contributed by atoms with Gasteiger partial charge >= 0.3 is 0 Å². The molecule has 0 aromatic rings. The molecule has 0 aliphatic carbocycles. The molecule has 0 aromatic heterocycles. The molecule has 12 heavy (non-hydrogen) atoms. The van der Waals surface area contributed by atoms with Gasteiger partial charge in [0, 0.05) is 32.2 Å². The van der Waals surface area contributed by atoms with Crippen LogP contribution >= 0.6 is 0 Å². The lowest BCUT2D eigenvalue weighted by molar-refractivity contribution is 0.0992. The molecule has 1 unspecified atom stereocenters. The minimum absolute atomic E-state index is 0.447. The molecule has 70 valence electrons. The summed E-state index contributed by atoms with van der Waals surface area (Å²) in [4.78, 5) is 4.89. The summed E-state index contributed by atoms with van der Waals surface area (Å²) >= 11 is 0. The number of nitrogens with zero attached hydrogens (tertiary/aromatic N) is 2. The third kappa shape index (κ3) is 1.79. The molecule has 2 heterocycles. The van der Waals surface area contributed by atoms with E-state index in [1.807, 2.05) is 0 Å². The van der Waals surface area contributed by atoms with Gasteiger partial charge in [0.1, 0.15) is 0 Å². The lowest BCUT2D eigenvalue weighted by atomic mass is 10.0. The van der Waals surface area contributed by atoms with Crippen molar-refractivity contribution in [3.8, 4) is 0 Å². The maximum Gasteiger partial charge on any atom is 0.0180 e. The molecule has 3 heteroatoms. The van der Waals surface area contributed by atoms with E-state index in [4.69, 9.17) is 5.73 Å². The Morgan fingerprint density at radius 2 is 2.08 bits per heavy atom. The van der Waals surface area contributed by atoms with Crippen molar-refractivity contribution in [2.45, 2.75) is 12.5 Å². The Balaban J connectivity index is 1.67. The summed E-state index contributed by atoms with van der Waals surface area (Å²) in [5.41, 5.74) is 5.84. The fourth-order valence-electron chi connectivity index (χ4n) is 2.34. The van der Waals surface area contributed by atoms with Crippen LogP contribution in [0.25, 0.3) is 0 Å². The Kier molecular flexibility index (Phi) is 2.35. The van der Waals surface area contributed by atoms with E-state index in [1.54, 1.807) is 0 Å². The SMILES string of the molecule is CN1CC(CN2CCC(N)C2)C1. The number of rotatable bonds is 2. The van der Waals surface area contributed by atoms with Gasteiger partial charge in [-0.15, -0.1) is 0 Å². The molecule has 2 saturated heterocycles. The van der Waals surface area contributed by atoms with Crippen molar-refractivity contribution >= 4 is 0 Å². The van der Waals surface area contributed by atoms with E-state index >= 15 is 0 Å². The van der Waals surface area contributed by atoms with Crippen LogP contribution in [0.15, 0.2) is 0 Å². The van der Waals surface area contributed by atoms with Crippen LogP contribution in [0.1, 0.15) is 6.42 Å². The maximum absolute atomic E-state index is 5.84. The van der Waals surface area contributed by atoms with E-state index in [0.717, 1.165) is 12.5 Å². The molecule has 0 amide bonds. The zero-order valence-corrected chi connectivity index (χ0v) is 7.87. The molecule has 2 aliphatic rings. The van der Waals surface area contributed by atoms with Gasteiger partial charge in [-0.3, -0.25) is 0 Å². The molecule has 0 saturated carbocycles. The summed E-state index contributed by atoms with van der Waals surface area (Å²) in [6.07, 6.45) is 1.20. The van der Waals surface area contributed by atoms with Gasteiger partial charge in [-0.2, -0.15) is 0 Å². The van der Waals surface area contributed by atoms with Crippen molar-refractivity contribution < 1.29 is 0 Å². The van der Waals surface area contributed by atoms with E-state index in [-0.39, 0.29) is 0 Å². The largest absolute Gasteiger partial charge is 0.326 e. The topological polar surface area (TPSA) is 32.5 Å².